The predicted molar refractivity (Wildman–Crippen MR) is 89.6 cm³/mol. The van der Waals surface area contributed by atoms with Gasteiger partial charge >= 0.3 is 0 Å². The van der Waals surface area contributed by atoms with Crippen LogP contribution < -0.4 is 5.32 Å². The van der Waals surface area contributed by atoms with Crippen LogP contribution in [0.15, 0.2) is 41.1 Å². The minimum absolute atomic E-state index is 0.228. The summed E-state index contributed by atoms with van der Waals surface area (Å²) in [5, 5.41) is 8.05. The molecule has 0 atom stereocenters. The molecule has 0 aliphatic heterocycles. The number of thiophene rings is 1. The van der Waals surface area contributed by atoms with Crippen molar-refractivity contribution in [1.29, 1.82) is 0 Å². The van der Waals surface area contributed by atoms with E-state index in [4.69, 9.17) is 11.6 Å². The van der Waals surface area contributed by atoms with Gasteiger partial charge in [-0.05, 0) is 36.1 Å². The first kappa shape index (κ1) is 14.3. The van der Waals surface area contributed by atoms with Crippen molar-refractivity contribution >= 4 is 45.9 Å². The first-order valence-corrected chi connectivity index (χ1v) is 8.34. The highest BCUT2D eigenvalue weighted by molar-refractivity contribution is 7.20. The van der Waals surface area contributed by atoms with Crippen LogP contribution in [0, 0.1) is 6.92 Å². The van der Waals surface area contributed by atoms with Crippen molar-refractivity contribution in [3.8, 4) is 9.88 Å². The Morgan fingerprint density at radius 3 is 2.86 bits per heavy atom. The van der Waals surface area contributed by atoms with Crippen molar-refractivity contribution in [2.24, 2.45) is 0 Å². The van der Waals surface area contributed by atoms with Gasteiger partial charge in [0.2, 0.25) is 0 Å². The first-order chi connectivity index (χ1) is 10.1. The van der Waals surface area contributed by atoms with Gasteiger partial charge in [0, 0.05) is 16.1 Å². The number of nitrogens with zero attached hydrogens (tertiary/aromatic N) is 1. The van der Waals surface area contributed by atoms with Crippen molar-refractivity contribution < 1.29 is 4.79 Å². The van der Waals surface area contributed by atoms with Gasteiger partial charge in [-0.2, -0.15) is 0 Å². The monoisotopic (exact) mass is 334 g/mol. The Labute approximate surface area is 135 Å². The van der Waals surface area contributed by atoms with E-state index in [1.54, 1.807) is 22.8 Å². The summed E-state index contributed by atoms with van der Waals surface area (Å²) in [5.74, 6) is -0.228. The second-order valence-corrected chi connectivity index (χ2v) is 6.65. The summed E-state index contributed by atoms with van der Waals surface area (Å²) in [7, 11) is 0. The standard InChI is InChI=1S/C15H11ClN2OS2/c1-9-4-5-10(7-11(9)16)17-14(19)12-8-21-15(18-12)13-3-2-6-20-13/h2-8H,1H3,(H,17,19). The maximum atomic E-state index is 12.2. The minimum Gasteiger partial charge on any atom is -0.321 e. The van der Waals surface area contributed by atoms with E-state index < -0.39 is 0 Å². The third kappa shape index (κ3) is 3.15. The molecule has 21 heavy (non-hydrogen) atoms. The van der Waals surface area contributed by atoms with Crippen LogP contribution in [0.2, 0.25) is 5.02 Å². The van der Waals surface area contributed by atoms with Crippen LogP contribution in [0.4, 0.5) is 5.69 Å². The van der Waals surface area contributed by atoms with Crippen molar-refractivity contribution in [2.45, 2.75) is 6.92 Å². The van der Waals surface area contributed by atoms with E-state index in [1.165, 1.54) is 11.3 Å². The summed E-state index contributed by atoms with van der Waals surface area (Å²) in [6, 6.07) is 9.39. The lowest BCUT2D eigenvalue weighted by Gasteiger charge is -2.05. The number of hydrogen-bond donors (Lipinski definition) is 1. The number of benzene rings is 1. The lowest BCUT2D eigenvalue weighted by molar-refractivity contribution is 0.102. The summed E-state index contributed by atoms with van der Waals surface area (Å²) < 4.78 is 0. The Morgan fingerprint density at radius 1 is 1.29 bits per heavy atom. The molecule has 1 amide bonds. The zero-order chi connectivity index (χ0) is 14.8. The number of aryl methyl sites for hydroxylation is 1. The van der Waals surface area contributed by atoms with Gasteiger partial charge in [0.05, 0.1) is 4.88 Å². The number of anilines is 1. The molecule has 6 heteroatoms. The Morgan fingerprint density at radius 2 is 2.14 bits per heavy atom. The molecule has 1 N–H and O–H groups in total. The number of halogens is 1. The van der Waals surface area contributed by atoms with Gasteiger partial charge in [-0.1, -0.05) is 23.7 Å². The largest absolute Gasteiger partial charge is 0.321 e. The summed E-state index contributed by atoms with van der Waals surface area (Å²) in [6.45, 7) is 1.92. The van der Waals surface area contributed by atoms with E-state index in [0.29, 0.717) is 16.4 Å². The predicted octanol–water partition coefficient (Wildman–Crippen LogP) is 5.09. The molecule has 3 nitrogen and oxygen atoms in total. The number of rotatable bonds is 3. The minimum atomic E-state index is -0.228. The highest BCUT2D eigenvalue weighted by atomic mass is 35.5. The van der Waals surface area contributed by atoms with Crippen LogP contribution in [0.1, 0.15) is 16.1 Å². The van der Waals surface area contributed by atoms with Gasteiger partial charge in [-0.3, -0.25) is 4.79 Å². The number of thiazole rings is 1. The van der Waals surface area contributed by atoms with Crippen LogP contribution in [-0.2, 0) is 0 Å². The summed E-state index contributed by atoms with van der Waals surface area (Å²) in [6.07, 6.45) is 0. The maximum absolute atomic E-state index is 12.2. The molecule has 0 radical (unpaired) electrons. The van der Waals surface area contributed by atoms with Crippen molar-refractivity contribution in [1.82, 2.24) is 4.98 Å². The van der Waals surface area contributed by atoms with Gasteiger partial charge in [0.1, 0.15) is 10.7 Å². The van der Waals surface area contributed by atoms with Crippen LogP contribution in [0.5, 0.6) is 0 Å². The number of amides is 1. The van der Waals surface area contributed by atoms with Gasteiger partial charge in [-0.15, -0.1) is 22.7 Å². The highest BCUT2D eigenvalue weighted by Crippen LogP contribution is 2.28. The van der Waals surface area contributed by atoms with E-state index in [0.717, 1.165) is 15.4 Å². The molecule has 0 spiro atoms. The van der Waals surface area contributed by atoms with Crippen molar-refractivity contribution in [2.75, 3.05) is 5.32 Å². The van der Waals surface area contributed by atoms with E-state index in [9.17, 15) is 4.79 Å². The molecular formula is C15H11ClN2OS2. The van der Waals surface area contributed by atoms with Crippen LogP contribution >= 0.6 is 34.3 Å². The summed E-state index contributed by atoms with van der Waals surface area (Å²) >= 11 is 9.12. The van der Waals surface area contributed by atoms with Crippen molar-refractivity contribution in [3.05, 3.63) is 57.4 Å². The lowest BCUT2D eigenvalue weighted by atomic mass is 10.2. The fraction of sp³-hybridized carbons (Fsp3) is 0.0667. The van der Waals surface area contributed by atoms with E-state index in [1.807, 2.05) is 36.6 Å². The van der Waals surface area contributed by atoms with E-state index in [2.05, 4.69) is 10.3 Å². The van der Waals surface area contributed by atoms with Crippen LogP contribution in [-0.4, -0.2) is 10.9 Å². The molecule has 0 aliphatic rings. The third-order valence-corrected chi connectivity index (χ3v) is 5.19. The van der Waals surface area contributed by atoms with E-state index in [-0.39, 0.29) is 5.91 Å². The topological polar surface area (TPSA) is 42.0 Å². The molecule has 3 aromatic rings. The number of carbonyl (C=O) groups is 1. The van der Waals surface area contributed by atoms with Gasteiger partial charge in [0.25, 0.3) is 5.91 Å². The molecule has 0 saturated heterocycles. The maximum Gasteiger partial charge on any atom is 0.275 e. The molecular weight excluding hydrogens is 324 g/mol. The first-order valence-electron chi connectivity index (χ1n) is 6.20. The molecule has 2 aromatic heterocycles. The second-order valence-electron chi connectivity index (χ2n) is 4.43. The molecule has 0 fully saturated rings. The lowest BCUT2D eigenvalue weighted by Crippen LogP contribution is -2.12. The Balaban J connectivity index is 1.78. The van der Waals surface area contributed by atoms with Crippen molar-refractivity contribution in [3.63, 3.8) is 0 Å². The fourth-order valence-corrected chi connectivity index (χ4v) is 3.55. The third-order valence-electron chi connectivity index (χ3n) is 2.90. The number of nitrogens with one attached hydrogen (secondary N) is 1. The van der Waals surface area contributed by atoms with Crippen LogP contribution in [0.25, 0.3) is 9.88 Å². The smallest absolute Gasteiger partial charge is 0.275 e. The zero-order valence-electron chi connectivity index (χ0n) is 11.1. The van der Waals surface area contributed by atoms with Crippen LogP contribution in [0.3, 0.4) is 0 Å². The number of aromatic nitrogens is 1. The Bertz CT molecular complexity index is 781. The number of hydrogen-bond acceptors (Lipinski definition) is 4. The average molecular weight is 335 g/mol. The quantitative estimate of drug-likeness (QED) is 0.725. The van der Waals surface area contributed by atoms with Gasteiger partial charge in [0.15, 0.2) is 0 Å². The molecule has 3 rings (SSSR count). The fourth-order valence-electron chi connectivity index (χ4n) is 1.76. The SMILES string of the molecule is Cc1ccc(NC(=O)c2csc(-c3cccs3)n2)cc1Cl. The zero-order valence-corrected chi connectivity index (χ0v) is 13.5. The molecule has 0 unspecified atom stereocenters. The summed E-state index contributed by atoms with van der Waals surface area (Å²) in [5.41, 5.74) is 2.06. The molecule has 1 aromatic carbocycles. The van der Waals surface area contributed by atoms with Gasteiger partial charge < -0.3 is 5.32 Å². The van der Waals surface area contributed by atoms with Gasteiger partial charge in [-0.25, -0.2) is 4.98 Å². The molecule has 0 saturated carbocycles. The van der Waals surface area contributed by atoms with E-state index >= 15 is 0 Å². The number of carbonyl (C=O) groups excluding carboxylic acids is 1. The Hall–Kier alpha value is -1.69. The molecule has 2 heterocycles. The second kappa shape index (κ2) is 5.97. The molecule has 0 bridgehead atoms. The molecule has 0 aliphatic carbocycles. The average Bonchev–Trinajstić information content (AvgIpc) is 3.12. The highest BCUT2D eigenvalue weighted by Gasteiger charge is 2.13. The molecule has 106 valence electrons. The summed E-state index contributed by atoms with van der Waals surface area (Å²) in [4.78, 5) is 17.6. The Kier molecular flexibility index (Phi) is 4.05. The normalized spacial score (nSPS) is 10.6.